The van der Waals surface area contributed by atoms with E-state index in [2.05, 4.69) is 10.2 Å². The monoisotopic (exact) mass is 393 g/mol. The Morgan fingerprint density at radius 2 is 1.62 bits per heavy atom. The molecule has 6 nitrogen and oxygen atoms in total. The molecular weight excluding hydrogens is 366 g/mol. The molecule has 152 valence electrons. The van der Waals surface area contributed by atoms with Crippen molar-refractivity contribution in [1.82, 2.24) is 4.90 Å². The summed E-state index contributed by atoms with van der Waals surface area (Å²) in [7, 11) is 1.62. The first-order valence-electron chi connectivity index (χ1n) is 10.2. The highest BCUT2D eigenvalue weighted by atomic mass is 16.5. The number of nitrogens with one attached hydrogen (secondary N) is 1. The van der Waals surface area contributed by atoms with E-state index in [9.17, 15) is 9.59 Å². The standard InChI is InChI=1S/C23H27N3O3/c1-29-21-10-2-17(3-11-21)16-22(27)24-19-6-8-20(9-7-19)25-12-14-26(15-13-25)23(28)18-4-5-18/h2-3,6-11,18H,4-5,12-16H2,1H3,(H,24,27). The van der Waals surface area contributed by atoms with Gasteiger partial charge < -0.3 is 19.9 Å². The van der Waals surface area contributed by atoms with Crippen molar-refractivity contribution in [1.29, 1.82) is 0 Å². The summed E-state index contributed by atoms with van der Waals surface area (Å²) in [5, 5.41) is 2.95. The molecule has 2 amide bonds. The van der Waals surface area contributed by atoms with Crippen LogP contribution in [0, 0.1) is 5.92 Å². The van der Waals surface area contributed by atoms with Gasteiger partial charge in [0.1, 0.15) is 5.75 Å². The molecule has 1 aliphatic carbocycles. The number of ether oxygens (including phenoxy) is 1. The lowest BCUT2D eigenvalue weighted by atomic mass is 10.1. The lowest BCUT2D eigenvalue weighted by molar-refractivity contribution is -0.132. The van der Waals surface area contributed by atoms with Crippen LogP contribution in [-0.2, 0) is 16.0 Å². The van der Waals surface area contributed by atoms with Crippen LogP contribution in [-0.4, -0.2) is 50.0 Å². The Kier molecular flexibility index (Phi) is 5.69. The minimum absolute atomic E-state index is 0.0462. The van der Waals surface area contributed by atoms with Gasteiger partial charge in [-0.2, -0.15) is 0 Å². The van der Waals surface area contributed by atoms with Crippen LogP contribution in [0.5, 0.6) is 5.75 Å². The number of anilines is 2. The molecule has 0 unspecified atom stereocenters. The van der Waals surface area contributed by atoms with E-state index in [1.165, 1.54) is 0 Å². The van der Waals surface area contributed by atoms with Crippen molar-refractivity contribution in [2.24, 2.45) is 5.92 Å². The molecule has 2 aromatic rings. The largest absolute Gasteiger partial charge is 0.497 e. The van der Waals surface area contributed by atoms with Gasteiger partial charge in [-0.25, -0.2) is 0 Å². The average Bonchev–Trinajstić information content (AvgIpc) is 3.60. The van der Waals surface area contributed by atoms with Gasteiger partial charge in [0, 0.05) is 43.5 Å². The minimum atomic E-state index is -0.0462. The van der Waals surface area contributed by atoms with Crippen molar-refractivity contribution in [3.63, 3.8) is 0 Å². The molecule has 2 aromatic carbocycles. The van der Waals surface area contributed by atoms with Gasteiger partial charge in [0.2, 0.25) is 11.8 Å². The average molecular weight is 393 g/mol. The molecule has 2 fully saturated rings. The molecule has 1 N–H and O–H groups in total. The summed E-state index contributed by atoms with van der Waals surface area (Å²) >= 11 is 0. The van der Waals surface area contributed by atoms with Crippen LogP contribution < -0.4 is 15.0 Å². The van der Waals surface area contributed by atoms with E-state index in [0.717, 1.165) is 61.7 Å². The van der Waals surface area contributed by atoms with E-state index in [4.69, 9.17) is 4.74 Å². The van der Waals surface area contributed by atoms with Gasteiger partial charge in [-0.3, -0.25) is 9.59 Å². The van der Waals surface area contributed by atoms with E-state index < -0.39 is 0 Å². The van der Waals surface area contributed by atoms with Gasteiger partial charge >= 0.3 is 0 Å². The van der Waals surface area contributed by atoms with E-state index in [1.54, 1.807) is 7.11 Å². The van der Waals surface area contributed by atoms with Crippen LogP contribution in [0.2, 0.25) is 0 Å². The zero-order valence-electron chi connectivity index (χ0n) is 16.8. The van der Waals surface area contributed by atoms with Gasteiger partial charge in [0.25, 0.3) is 0 Å². The number of carbonyl (C=O) groups excluding carboxylic acids is 2. The third-order valence-corrected chi connectivity index (χ3v) is 5.56. The van der Waals surface area contributed by atoms with E-state index in [1.807, 2.05) is 53.4 Å². The van der Waals surface area contributed by atoms with E-state index >= 15 is 0 Å². The molecule has 1 heterocycles. The Labute approximate surface area is 171 Å². The fraction of sp³-hybridized carbons (Fsp3) is 0.391. The summed E-state index contributed by atoms with van der Waals surface area (Å²) in [5.74, 6) is 1.36. The summed E-state index contributed by atoms with van der Waals surface area (Å²) in [6.07, 6.45) is 2.44. The van der Waals surface area contributed by atoms with Crippen molar-refractivity contribution in [2.45, 2.75) is 19.3 Å². The number of hydrogen-bond acceptors (Lipinski definition) is 4. The maximum atomic E-state index is 12.3. The van der Waals surface area contributed by atoms with Crippen LogP contribution in [0.1, 0.15) is 18.4 Å². The first-order chi connectivity index (χ1) is 14.1. The van der Waals surface area contributed by atoms with Crippen LogP contribution in [0.4, 0.5) is 11.4 Å². The summed E-state index contributed by atoms with van der Waals surface area (Å²) in [5.41, 5.74) is 2.85. The predicted octanol–water partition coefficient (Wildman–Crippen LogP) is 2.94. The second kappa shape index (κ2) is 8.55. The highest BCUT2D eigenvalue weighted by Gasteiger charge is 2.34. The van der Waals surface area contributed by atoms with E-state index in [0.29, 0.717) is 18.2 Å². The highest BCUT2D eigenvalue weighted by Crippen LogP contribution is 2.31. The van der Waals surface area contributed by atoms with Gasteiger partial charge in [0.15, 0.2) is 0 Å². The number of amides is 2. The SMILES string of the molecule is COc1ccc(CC(=O)Nc2ccc(N3CCN(C(=O)C4CC4)CC3)cc2)cc1. The van der Waals surface area contributed by atoms with Crippen molar-refractivity contribution in [3.8, 4) is 5.75 Å². The molecule has 1 aliphatic heterocycles. The molecule has 0 bridgehead atoms. The van der Waals surface area contributed by atoms with Gasteiger partial charge in [-0.1, -0.05) is 12.1 Å². The minimum Gasteiger partial charge on any atom is -0.497 e. The van der Waals surface area contributed by atoms with Crippen LogP contribution in [0.15, 0.2) is 48.5 Å². The molecule has 1 saturated heterocycles. The molecule has 2 aliphatic rings. The second-order valence-corrected chi connectivity index (χ2v) is 7.71. The summed E-state index contributed by atoms with van der Waals surface area (Å²) in [4.78, 5) is 28.8. The lowest BCUT2D eigenvalue weighted by Crippen LogP contribution is -2.49. The number of piperazine rings is 1. The zero-order chi connectivity index (χ0) is 20.2. The number of hydrogen-bond donors (Lipinski definition) is 1. The number of rotatable bonds is 6. The quantitative estimate of drug-likeness (QED) is 0.820. The third-order valence-electron chi connectivity index (χ3n) is 5.56. The normalized spacial score (nSPS) is 16.4. The predicted molar refractivity (Wildman–Crippen MR) is 113 cm³/mol. The number of carbonyl (C=O) groups is 2. The molecule has 6 heteroatoms. The molecule has 4 rings (SSSR count). The maximum Gasteiger partial charge on any atom is 0.228 e. The highest BCUT2D eigenvalue weighted by molar-refractivity contribution is 5.92. The smallest absolute Gasteiger partial charge is 0.228 e. The zero-order valence-corrected chi connectivity index (χ0v) is 16.8. The second-order valence-electron chi connectivity index (χ2n) is 7.71. The molecule has 0 atom stereocenters. The first-order valence-corrected chi connectivity index (χ1v) is 10.2. The van der Waals surface area contributed by atoms with Gasteiger partial charge in [-0.05, 0) is 54.8 Å². The Hall–Kier alpha value is -3.02. The number of benzene rings is 2. The topological polar surface area (TPSA) is 61.9 Å². The molecular formula is C23H27N3O3. The fourth-order valence-corrected chi connectivity index (χ4v) is 3.66. The molecule has 0 aromatic heterocycles. The van der Waals surface area contributed by atoms with E-state index in [-0.39, 0.29) is 5.91 Å². The first kappa shape index (κ1) is 19.3. The molecule has 0 radical (unpaired) electrons. The van der Waals surface area contributed by atoms with Gasteiger partial charge in [0.05, 0.1) is 13.5 Å². The molecule has 1 saturated carbocycles. The Bertz CT molecular complexity index is 852. The van der Waals surface area contributed by atoms with Crippen molar-refractivity contribution in [2.75, 3.05) is 43.5 Å². The van der Waals surface area contributed by atoms with Crippen LogP contribution >= 0.6 is 0 Å². The maximum absolute atomic E-state index is 12.3. The molecule has 29 heavy (non-hydrogen) atoms. The van der Waals surface area contributed by atoms with Crippen molar-refractivity contribution in [3.05, 3.63) is 54.1 Å². The lowest BCUT2D eigenvalue weighted by Gasteiger charge is -2.36. The van der Waals surface area contributed by atoms with Crippen LogP contribution in [0.3, 0.4) is 0 Å². The summed E-state index contributed by atoms with van der Waals surface area (Å²) in [6, 6.07) is 15.4. The molecule has 0 spiro atoms. The Morgan fingerprint density at radius 3 is 2.21 bits per heavy atom. The third kappa shape index (κ3) is 4.88. The fourth-order valence-electron chi connectivity index (χ4n) is 3.66. The number of methoxy groups -OCH3 is 1. The Balaban J connectivity index is 1.27. The Morgan fingerprint density at radius 1 is 0.966 bits per heavy atom. The number of nitrogens with zero attached hydrogens (tertiary/aromatic N) is 2. The summed E-state index contributed by atoms with van der Waals surface area (Å²) in [6.45, 7) is 3.27. The van der Waals surface area contributed by atoms with Gasteiger partial charge in [-0.15, -0.1) is 0 Å². The van der Waals surface area contributed by atoms with Crippen molar-refractivity contribution < 1.29 is 14.3 Å². The van der Waals surface area contributed by atoms with Crippen molar-refractivity contribution >= 4 is 23.2 Å². The van der Waals surface area contributed by atoms with Crippen LogP contribution in [0.25, 0.3) is 0 Å². The summed E-state index contributed by atoms with van der Waals surface area (Å²) < 4.78 is 5.14.